The lowest BCUT2D eigenvalue weighted by Crippen LogP contribution is -2.51. The van der Waals surface area contributed by atoms with Crippen LogP contribution in [0.15, 0.2) is 60.8 Å². The summed E-state index contributed by atoms with van der Waals surface area (Å²) in [6.45, 7) is 5.99. The average Bonchev–Trinajstić information content (AvgIpc) is 3.64. The first kappa shape index (κ1) is 26.7. The predicted molar refractivity (Wildman–Crippen MR) is 152 cm³/mol. The predicted octanol–water partition coefficient (Wildman–Crippen LogP) is 3.87. The van der Waals surface area contributed by atoms with E-state index < -0.39 is 12.1 Å². The molecule has 3 aromatic heterocycles. The third-order valence-electron chi connectivity index (χ3n) is 7.73. The Balaban J connectivity index is 1.21. The molecule has 2 fully saturated rings. The maximum absolute atomic E-state index is 14.0. The summed E-state index contributed by atoms with van der Waals surface area (Å²) in [7, 11) is 0. The zero-order valence-corrected chi connectivity index (χ0v) is 23.1. The fourth-order valence-corrected chi connectivity index (χ4v) is 5.75. The van der Waals surface area contributed by atoms with Crippen molar-refractivity contribution in [2.75, 3.05) is 42.5 Å². The number of benzene rings is 1. The van der Waals surface area contributed by atoms with Gasteiger partial charge >= 0.3 is 5.97 Å². The van der Waals surface area contributed by atoms with Gasteiger partial charge in [-0.05, 0) is 61.7 Å². The van der Waals surface area contributed by atoms with Crippen molar-refractivity contribution >= 4 is 29.2 Å². The Morgan fingerprint density at radius 1 is 1.00 bits per heavy atom. The topological polar surface area (TPSA) is 96.2 Å². The molecule has 6 rings (SSSR count). The summed E-state index contributed by atoms with van der Waals surface area (Å²) in [5, 5.41) is 4.95. The van der Waals surface area contributed by atoms with E-state index in [0.717, 1.165) is 48.0 Å². The summed E-state index contributed by atoms with van der Waals surface area (Å²) in [6.07, 6.45) is 2.92. The number of carbonyl (C=O) groups excluding carboxylic acids is 2. The number of aromatic nitrogens is 4. The molecular formula is C30H32FN7O3. The number of carbonyl (C=O) groups is 2. The van der Waals surface area contributed by atoms with Crippen LogP contribution in [0.25, 0.3) is 17.0 Å². The van der Waals surface area contributed by atoms with E-state index in [1.807, 2.05) is 40.9 Å². The minimum absolute atomic E-state index is 0.0617. The van der Waals surface area contributed by atoms with Gasteiger partial charge in [-0.25, -0.2) is 18.9 Å². The van der Waals surface area contributed by atoms with Crippen LogP contribution in [0, 0.1) is 5.82 Å². The number of pyridine rings is 1. The number of rotatable bonds is 6. The minimum atomic E-state index is -0.794. The monoisotopic (exact) mass is 557 g/mol. The summed E-state index contributed by atoms with van der Waals surface area (Å²) >= 11 is 0. The number of esters is 1. The highest BCUT2D eigenvalue weighted by molar-refractivity contribution is 5.83. The molecule has 2 aliphatic heterocycles. The van der Waals surface area contributed by atoms with E-state index in [1.54, 1.807) is 30.2 Å². The van der Waals surface area contributed by atoms with Crippen LogP contribution in [0.4, 0.5) is 16.0 Å². The van der Waals surface area contributed by atoms with Crippen molar-refractivity contribution in [2.45, 2.75) is 38.8 Å². The lowest BCUT2D eigenvalue weighted by atomic mass is 10.0. The fourth-order valence-electron chi connectivity index (χ4n) is 5.75. The number of anilines is 2. The molecule has 0 bridgehead atoms. The van der Waals surface area contributed by atoms with Gasteiger partial charge in [0.1, 0.15) is 23.1 Å². The van der Waals surface area contributed by atoms with E-state index in [-0.39, 0.29) is 17.8 Å². The zero-order chi connectivity index (χ0) is 28.5. The van der Waals surface area contributed by atoms with Crippen molar-refractivity contribution in [1.82, 2.24) is 24.5 Å². The van der Waals surface area contributed by atoms with Crippen LogP contribution in [0.2, 0.25) is 0 Å². The van der Waals surface area contributed by atoms with E-state index in [9.17, 15) is 14.0 Å². The van der Waals surface area contributed by atoms with Gasteiger partial charge in [0.05, 0.1) is 17.9 Å². The van der Waals surface area contributed by atoms with E-state index in [4.69, 9.17) is 14.8 Å². The van der Waals surface area contributed by atoms with Crippen molar-refractivity contribution < 1.29 is 18.7 Å². The lowest BCUT2D eigenvalue weighted by Gasteiger charge is -2.36. The number of hydrogen-bond acceptors (Lipinski definition) is 8. The SMILES string of the molecule is CC(=O)O[C@@H](C)C(=O)N1CCN(c2cccc(-c3cnc4ccc(N5CCC[C@@H]5c5cccc(F)c5)nn34)n2)CC1. The van der Waals surface area contributed by atoms with Crippen molar-refractivity contribution in [2.24, 2.45) is 0 Å². The molecule has 0 unspecified atom stereocenters. The second-order valence-corrected chi connectivity index (χ2v) is 10.5. The molecular weight excluding hydrogens is 525 g/mol. The largest absolute Gasteiger partial charge is 0.453 e. The molecule has 2 saturated heterocycles. The van der Waals surface area contributed by atoms with Crippen LogP contribution in [0.1, 0.15) is 38.3 Å². The highest BCUT2D eigenvalue weighted by Crippen LogP contribution is 2.35. The Hall–Kier alpha value is -4.54. The van der Waals surface area contributed by atoms with Gasteiger partial charge in [-0.15, -0.1) is 5.10 Å². The summed E-state index contributed by atoms with van der Waals surface area (Å²) in [6, 6.07) is 16.6. The Morgan fingerprint density at radius 3 is 2.59 bits per heavy atom. The van der Waals surface area contributed by atoms with Gasteiger partial charge in [0.15, 0.2) is 11.8 Å². The van der Waals surface area contributed by atoms with Crippen LogP contribution >= 0.6 is 0 Å². The van der Waals surface area contributed by atoms with Gasteiger partial charge in [0, 0.05) is 39.6 Å². The van der Waals surface area contributed by atoms with E-state index in [2.05, 4.69) is 14.8 Å². The molecule has 11 heteroatoms. The number of fused-ring (bicyclic) bond motifs is 1. The minimum Gasteiger partial charge on any atom is -0.453 e. The van der Waals surface area contributed by atoms with Gasteiger partial charge < -0.3 is 19.4 Å². The highest BCUT2D eigenvalue weighted by Gasteiger charge is 2.29. The molecule has 4 aromatic rings. The molecule has 0 aliphatic carbocycles. The van der Waals surface area contributed by atoms with Gasteiger partial charge in [0.25, 0.3) is 5.91 Å². The Bertz CT molecular complexity index is 1580. The van der Waals surface area contributed by atoms with Crippen LogP contribution < -0.4 is 9.80 Å². The Kier molecular flexibility index (Phi) is 7.25. The molecule has 0 radical (unpaired) electrons. The van der Waals surface area contributed by atoms with Crippen molar-refractivity contribution in [3.63, 3.8) is 0 Å². The van der Waals surface area contributed by atoms with Crippen molar-refractivity contribution in [1.29, 1.82) is 0 Å². The van der Waals surface area contributed by atoms with Gasteiger partial charge in [0.2, 0.25) is 0 Å². The van der Waals surface area contributed by atoms with Crippen LogP contribution in [-0.2, 0) is 14.3 Å². The summed E-state index contributed by atoms with van der Waals surface area (Å²) in [4.78, 5) is 39.4. The van der Waals surface area contributed by atoms with Crippen molar-refractivity contribution in [3.05, 3.63) is 72.2 Å². The highest BCUT2D eigenvalue weighted by atomic mass is 19.1. The zero-order valence-electron chi connectivity index (χ0n) is 23.1. The average molecular weight is 558 g/mol. The summed E-state index contributed by atoms with van der Waals surface area (Å²) in [5.74, 6) is 0.728. The number of halogens is 1. The Labute approximate surface area is 237 Å². The molecule has 10 nitrogen and oxygen atoms in total. The van der Waals surface area contributed by atoms with E-state index in [1.165, 1.54) is 13.0 Å². The standard InChI is InChI=1S/C30H32FN7O3/c1-20(41-21(2)39)30(40)36-16-14-35(15-17-36)28-10-4-8-24(33-28)26-19-32-27-11-12-29(34-38(26)27)37-13-5-9-25(37)22-6-3-7-23(31)18-22/h3-4,6-8,10-12,18-20,25H,5,9,13-17H2,1-2H3/t20-,25+/m0/s1. The molecule has 212 valence electrons. The molecule has 41 heavy (non-hydrogen) atoms. The number of ether oxygens (including phenoxy) is 1. The summed E-state index contributed by atoms with van der Waals surface area (Å²) < 4.78 is 20.8. The van der Waals surface area contributed by atoms with Gasteiger partial charge in [-0.2, -0.15) is 0 Å². The Morgan fingerprint density at radius 2 is 1.80 bits per heavy atom. The second-order valence-electron chi connectivity index (χ2n) is 10.5. The first-order valence-electron chi connectivity index (χ1n) is 13.9. The van der Waals surface area contributed by atoms with Crippen LogP contribution in [0.5, 0.6) is 0 Å². The number of piperazine rings is 1. The molecule has 0 spiro atoms. The first-order chi connectivity index (χ1) is 19.9. The maximum atomic E-state index is 14.0. The molecule has 0 saturated carbocycles. The molecule has 2 atom stereocenters. The smallest absolute Gasteiger partial charge is 0.303 e. The third kappa shape index (κ3) is 5.44. The number of imidazole rings is 1. The molecule has 0 N–H and O–H groups in total. The number of amides is 1. The quantitative estimate of drug-likeness (QED) is 0.330. The van der Waals surface area contributed by atoms with E-state index in [0.29, 0.717) is 31.8 Å². The second kappa shape index (κ2) is 11.1. The third-order valence-corrected chi connectivity index (χ3v) is 7.73. The van der Waals surface area contributed by atoms with Crippen LogP contribution in [-0.4, -0.2) is 75.2 Å². The molecule has 1 aromatic carbocycles. The number of hydrogen-bond donors (Lipinski definition) is 0. The fraction of sp³-hybridized carbons (Fsp3) is 0.367. The normalized spacial score (nSPS) is 18.1. The first-order valence-corrected chi connectivity index (χ1v) is 13.9. The lowest BCUT2D eigenvalue weighted by molar-refractivity contribution is -0.157. The van der Waals surface area contributed by atoms with Crippen LogP contribution in [0.3, 0.4) is 0 Å². The van der Waals surface area contributed by atoms with Crippen molar-refractivity contribution in [3.8, 4) is 11.4 Å². The molecule has 2 aliphatic rings. The van der Waals surface area contributed by atoms with E-state index >= 15 is 0 Å². The maximum Gasteiger partial charge on any atom is 0.303 e. The number of nitrogens with zero attached hydrogens (tertiary/aromatic N) is 7. The van der Waals surface area contributed by atoms with Gasteiger partial charge in [-0.3, -0.25) is 9.59 Å². The molecule has 5 heterocycles. The summed E-state index contributed by atoms with van der Waals surface area (Å²) in [5.41, 5.74) is 3.18. The molecule has 1 amide bonds. The van der Waals surface area contributed by atoms with Gasteiger partial charge in [-0.1, -0.05) is 18.2 Å².